The second-order valence-corrected chi connectivity index (χ2v) is 10.6. The van der Waals surface area contributed by atoms with E-state index in [1.807, 2.05) is 19.9 Å². The Hall–Kier alpha value is -4.57. The average molecular weight is 559 g/mol. The summed E-state index contributed by atoms with van der Waals surface area (Å²) in [6.07, 6.45) is 0.670. The van der Waals surface area contributed by atoms with Crippen LogP contribution in [-0.4, -0.2) is 46.7 Å². The molecule has 10 heteroatoms. The second-order valence-electron chi connectivity index (χ2n) is 9.61. The van der Waals surface area contributed by atoms with E-state index in [1.54, 1.807) is 42.5 Å². The van der Waals surface area contributed by atoms with Gasteiger partial charge >= 0.3 is 5.91 Å². The molecule has 0 saturated carbocycles. The van der Waals surface area contributed by atoms with Crippen LogP contribution in [0.15, 0.2) is 60.2 Å². The highest BCUT2D eigenvalue weighted by molar-refractivity contribution is 7.22. The van der Waals surface area contributed by atoms with E-state index in [-0.39, 0.29) is 34.1 Å². The largest absolute Gasteiger partial charge is 0.507 e. The third kappa shape index (κ3) is 4.21. The molecule has 0 radical (unpaired) electrons. The number of Topliss-reactive ketones (excluding diaryl/α,β-unsaturated/α-hetero) is 1. The first-order valence-electron chi connectivity index (χ1n) is 12.8. The predicted molar refractivity (Wildman–Crippen MR) is 150 cm³/mol. The summed E-state index contributed by atoms with van der Waals surface area (Å²) in [4.78, 5) is 33.1. The number of carbonyl (C=O) groups excluding carboxylic acids is 2. The normalized spacial score (nSPS) is 19.6. The molecule has 2 aliphatic heterocycles. The minimum Gasteiger partial charge on any atom is -0.507 e. The SMILES string of the molecule is CCOc1ccc2nc(N3C(=O)C(=O)C(=C(O)c4ccc5c(c4)CC(C)O5)C3c3ccc(O)c(OC)c3)sc2c1. The van der Waals surface area contributed by atoms with Crippen LogP contribution in [0.1, 0.15) is 36.6 Å². The van der Waals surface area contributed by atoms with Gasteiger partial charge in [-0.3, -0.25) is 14.5 Å². The quantitative estimate of drug-likeness (QED) is 0.185. The summed E-state index contributed by atoms with van der Waals surface area (Å²) in [6, 6.07) is 14.2. The van der Waals surface area contributed by atoms with Crippen LogP contribution >= 0.6 is 11.3 Å². The summed E-state index contributed by atoms with van der Waals surface area (Å²) >= 11 is 1.24. The van der Waals surface area contributed by atoms with Crippen LogP contribution in [-0.2, 0) is 16.0 Å². The van der Waals surface area contributed by atoms with Crippen molar-refractivity contribution in [3.8, 4) is 23.0 Å². The summed E-state index contributed by atoms with van der Waals surface area (Å²) < 4.78 is 17.5. The fraction of sp³-hybridized carbons (Fsp3) is 0.233. The topological polar surface area (TPSA) is 118 Å². The molecular weight excluding hydrogens is 532 g/mol. The van der Waals surface area contributed by atoms with Crippen molar-refractivity contribution in [1.29, 1.82) is 0 Å². The Labute approximate surface area is 233 Å². The van der Waals surface area contributed by atoms with Crippen LogP contribution in [0.5, 0.6) is 23.0 Å². The number of fused-ring (bicyclic) bond motifs is 2. The monoisotopic (exact) mass is 558 g/mol. The summed E-state index contributed by atoms with van der Waals surface area (Å²) in [5.74, 6) is -0.501. The van der Waals surface area contributed by atoms with Gasteiger partial charge in [-0.25, -0.2) is 4.98 Å². The van der Waals surface area contributed by atoms with Gasteiger partial charge in [-0.1, -0.05) is 17.4 Å². The molecule has 6 rings (SSSR count). The van der Waals surface area contributed by atoms with Gasteiger partial charge < -0.3 is 24.4 Å². The standard InChI is InChI=1S/C30H26N2O7S/c1-4-38-19-7-8-20-24(14-19)40-30(31-20)32-26(16-5-9-21(33)23(13-16)37-3)25(28(35)29(32)36)27(34)17-6-10-22-18(12-17)11-15(2)39-22/h5-10,12-15,26,33-34H,4,11H2,1-3H3. The molecule has 1 saturated heterocycles. The number of nitrogens with zero attached hydrogens (tertiary/aromatic N) is 2. The van der Waals surface area contributed by atoms with E-state index >= 15 is 0 Å². The molecule has 1 fully saturated rings. The number of benzene rings is 3. The molecule has 2 N–H and O–H groups in total. The summed E-state index contributed by atoms with van der Waals surface area (Å²) in [5.41, 5.74) is 2.32. The van der Waals surface area contributed by atoms with Gasteiger partial charge in [0.25, 0.3) is 5.78 Å². The van der Waals surface area contributed by atoms with Crippen LogP contribution in [0.2, 0.25) is 0 Å². The number of ether oxygens (including phenoxy) is 3. The number of aliphatic hydroxyl groups is 1. The van der Waals surface area contributed by atoms with Crippen molar-refractivity contribution in [3.63, 3.8) is 0 Å². The van der Waals surface area contributed by atoms with Crippen LogP contribution in [0.25, 0.3) is 16.0 Å². The first kappa shape index (κ1) is 25.7. The molecule has 0 spiro atoms. The van der Waals surface area contributed by atoms with Crippen LogP contribution in [0.4, 0.5) is 5.13 Å². The number of anilines is 1. The van der Waals surface area contributed by atoms with E-state index in [0.29, 0.717) is 35.4 Å². The predicted octanol–water partition coefficient (Wildman–Crippen LogP) is 5.36. The zero-order valence-electron chi connectivity index (χ0n) is 22.0. The van der Waals surface area contributed by atoms with Gasteiger partial charge in [-0.05, 0) is 73.5 Å². The fourth-order valence-electron chi connectivity index (χ4n) is 5.19. The zero-order chi connectivity index (χ0) is 28.1. The Bertz CT molecular complexity index is 1710. The highest BCUT2D eigenvalue weighted by Crippen LogP contribution is 2.46. The van der Waals surface area contributed by atoms with Crippen molar-refractivity contribution < 1.29 is 34.0 Å². The van der Waals surface area contributed by atoms with Gasteiger partial charge in [0.15, 0.2) is 16.6 Å². The molecule has 40 heavy (non-hydrogen) atoms. The van der Waals surface area contributed by atoms with E-state index in [4.69, 9.17) is 14.2 Å². The van der Waals surface area contributed by atoms with Crippen molar-refractivity contribution >= 4 is 44.1 Å². The number of rotatable bonds is 6. The lowest BCUT2D eigenvalue weighted by Gasteiger charge is -2.23. The Kier molecular flexibility index (Phi) is 6.34. The molecule has 4 aromatic rings. The lowest BCUT2D eigenvalue weighted by Crippen LogP contribution is -2.29. The minimum atomic E-state index is -1.02. The van der Waals surface area contributed by atoms with Crippen LogP contribution in [0.3, 0.4) is 0 Å². The molecule has 3 aromatic carbocycles. The molecule has 2 aliphatic rings. The Morgan fingerprint density at radius 1 is 1.15 bits per heavy atom. The number of methoxy groups -OCH3 is 1. The zero-order valence-corrected chi connectivity index (χ0v) is 22.8. The van der Waals surface area contributed by atoms with Crippen LogP contribution < -0.4 is 19.1 Å². The van der Waals surface area contributed by atoms with Gasteiger partial charge in [0.2, 0.25) is 0 Å². The Morgan fingerprint density at radius 2 is 1.98 bits per heavy atom. The van der Waals surface area contributed by atoms with E-state index in [9.17, 15) is 19.8 Å². The third-order valence-corrected chi connectivity index (χ3v) is 8.02. The summed E-state index contributed by atoms with van der Waals surface area (Å²) in [7, 11) is 1.41. The van der Waals surface area contributed by atoms with Crippen LogP contribution in [0, 0.1) is 0 Å². The first-order valence-corrected chi connectivity index (χ1v) is 13.6. The molecule has 9 nitrogen and oxygen atoms in total. The minimum absolute atomic E-state index is 0.00437. The number of phenols is 1. The number of phenolic OH excluding ortho intramolecular Hbond substituents is 1. The van der Waals surface area contributed by atoms with Gasteiger partial charge in [-0.2, -0.15) is 0 Å². The molecule has 1 amide bonds. The van der Waals surface area contributed by atoms with E-state index in [2.05, 4.69) is 4.98 Å². The number of hydrogen-bond acceptors (Lipinski definition) is 9. The molecule has 3 heterocycles. The number of aliphatic hydroxyl groups excluding tert-OH is 1. The molecule has 2 unspecified atom stereocenters. The average Bonchev–Trinajstić information content (AvgIpc) is 3.60. The highest BCUT2D eigenvalue weighted by atomic mass is 32.1. The summed E-state index contributed by atoms with van der Waals surface area (Å²) in [6.45, 7) is 4.35. The highest BCUT2D eigenvalue weighted by Gasteiger charge is 2.48. The number of amides is 1. The Balaban J connectivity index is 1.53. The molecule has 0 bridgehead atoms. The van der Waals surface area contributed by atoms with E-state index < -0.39 is 17.7 Å². The second kappa shape index (κ2) is 9.87. The number of carbonyl (C=O) groups is 2. The number of aromatic nitrogens is 1. The molecule has 2 atom stereocenters. The lowest BCUT2D eigenvalue weighted by atomic mass is 9.94. The van der Waals surface area contributed by atoms with E-state index in [0.717, 1.165) is 16.0 Å². The van der Waals surface area contributed by atoms with E-state index in [1.165, 1.54) is 29.4 Å². The third-order valence-electron chi connectivity index (χ3n) is 7.00. The van der Waals surface area contributed by atoms with Crippen molar-refractivity contribution in [1.82, 2.24) is 4.98 Å². The smallest absolute Gasteiger partial charge is 0.301 e. The maximum atomic E-state index is 13.6. The van der Waals surface area contributed by atoms with Crippen molar-refractivity contribution in [2.75, 3.05) is 18.6 Å². The van der Waals surface area contributed by atoms with Gasteiger partial charge in [0.05, 0.1) is 35.5 Å². The summed E-state index contributed by atoms with van der Waals surface area (Å²) in [5, 5.41) is 22.1. The first-order chi connectivity index (χ1) is 19.3. The van der Waals surface area contributed by atoms with Crippen molar-refractivity contribution in [2.45, 2.75) is 32.4 Å². The maximum Gasteiger partial charge on any atom is 0.301 e. The lowest BCUT2D eigenvalue weighted by molar-refractivity contribution is -0.132. The number of hydrogen-bond donors (Lipinski definition) is 2. The molecule has 204 valence electrons. The van der Waals surface area contributed by atoms with Gasteiger partial charge in [-0.15, -0.1) is 0 Å². The molecular formula is C30H26N2O7S. The molecule has 1 aromatic heterocycles. The van der Waals surface area contributed by atoms with Gasteiger partial charge in [0, 0.05) is 12.0 Å². The van der Waals surface area contributed by atoms with Gasteiger partial charge in [0.1, 0.15) is 23.4 Å². The number of aromatic hydroxyl groups is 1. The Morgan fingerprint density at radius 3 is 2.75 bits per heavy atom. The maximum absolute atomic E-state index is 13.6. The number of thiazole rings is 1. The van der Waals surface area contributed by atoms with Crippen molar-refractivity contribution in [2.24, 2.45) is 0 Å². The molecule has 0 aliphatic carbocycles. The number of ketones is 1. The fourth-order valence-corrected chi connectivity index (χ4v) is 6.21. The van der Waals surface area contributed by atoms with Crippen molar-refractivity contribution in [3.05, 3.63) is 76.9 Å².